The smallest absolute Gasteiger partial charge is 0.242 e. The molecule has 1 aromatic rings. The number of halogens is 1. The third kappa shape index (κ3) is 8.50. The summed E-state index contributed by atoms with van der Waals surface area (Å²) in [5.41, 5.74) is 0.272. The van der Waals surface area contributed by atoms with Crippen LogP contribution in [0.15, 0.2) is 27.8 Å². The minimum absolute atomic E-state index is 0. The van der Waals surface area contributed by atoms with Crippen molar-refractivity contribution in [2.75, 3.05) is 33.4 Å². The zero-order chi connectivity index (χ0) is 18.7. The SMILES string of the molecule is CCNC(=NCC(=O)NCc1ccco1)NCC1(CCOC)CCCC1.I. The van der Waals surface area contributed by atoms with E-state index in [1.54, 1.807) is 19.4 Å². The molecule has 0 spiro atoms. The van der Waals surface area contributed by atoms with Crippen LogP contribution in [0.2, 0.25) is 0 Å². The van der Waals surface area contributed by atoms with E-state index in [-0.39, 0.29) is 41.8 Å². The number of hydrogen-bond donors (Lipinski definition) is 3. The predicted molar refractivity (Wildman–Crippen MR) is 117 cm³/mol. The van der Waals surface area contributed by atoms with Crippen molar-refractivity contribution < 1.29 is 13.9 Å². The number of furan rings is 1. The molecule has 1 fully saturated rings. The molecule has 1 saturated carbocycles. The number of hydrogen-bond acceptors (Lipinski definition) is 4. The molecule has 1 amide bonds. The van der Waals surface area contributed by atoms with Crippen molar-refractivity contribution in [3.8, 4) is 0 Å². The molecule has 0 atom stereocenters. The van der Waals surface area contributed by atoms with Crippen molar-refractivity contribution >= 4 is 35.8 Å². The van der Waals surface area contributed by atoms with Crippen LogP contribution in [0.4, 0.5) is 0 Å². The van der Waals surface area contributed by atoms with Crippen LogP contribution in [0.3, 0.4) is 0 Å². The average molecular weight is 492 g/mol. The van der Waals surface area contributed by atoms with Crippen molar-refractivity contribution in [2.45, 2.75) is 45.6 Å². The molecule has 0 saturated heterocycles. The Morgan fingerprint density at radius 3 is 2.70 bits per heavy atom. The highest BCUT2D eigenvalue weighted by molar-refractivity contribution is 14.0. The van der Waals surface area contributed by atoms with Crippen LogP contribution in [0, 0.1) is 5.41 Å². The maximum atomic E-state index is 12.0. The first-order valence-corrected chi connectivity index (χ1v) is 9.48. The lowest BCUT2D eigenvalue weighted by Crippen LogP contribution is -2.44. The maximum absolute atomic E-state index is 12.0. The third-order valence-electron chi connectivity index (χ3n) is 4.90. The molecule has 0 unspecified atom stereocenters. The zero-order valence-electron chi connectivity index (χ0n) is 16.4. The van der Waals surface area contributed by atoms with Gasteiger partial charge in [0.05, 0.1) is 12.8 Å². The predicted octanol–water partition coefficient (Wildman–Crippen LogP) is 2.67. The summed E-state index contributed by atoms with van der Waals surface area (Å²) in [5, 5.41) is 9.44. The van der Waals surface area contributed by atoms with Gasteiger partial charge in [0.1, 0.15) is 12.3 Å². The molecule has 8 heteroatoms. The normalized spacial score (nSPS) is 15.9. The second-order valence-corrected chi connectivity index (χ2v) is 6.85. The fourth-order valence-electron chi connectivity index (χ4n) is 3.38. The third-order valence-corrected chi connectivity index (χ3v) is 4.90. The first-order chi connectivity index (χ1) is 12.7. The van der Waals surface area contributed by atoms with E-state index < -0.39 is 0 Å². The molecule has 3 N–H and O–H groups in total. The van der Waals surface area contributed by atoms with Crippen LogP contribution in [-0.4, -0.2) is 45.2 Å². The van der Waals surface area contributed by atoms with Crippen molar-refractivity contribution in [1.29, 1.82) is 0 Å². The van der Waals surface area contributed by atoms with E-state index in [0.717, 1.165) is 31.9 Å². The fourth-order valence-corrected chi connectivity index (χ4v) is 3.38. The van der Waals surface area contributed by atoms with Gasteiger partial charge in [0, 0.05) is 26.8 Å². The molecule has 1 aliphatic rings. The lowest BCUT2D eigenvalue weighted by molar-refractivity contribution is -0.119. The minimum Gasteiger partial charge on any atom is -0.467 e. The zero-order valence-corrected chi connectivity index (χ0v) is 18.7. The Balaban J connectivity index is 0.00000364. The van der Waals surface area contributed by atoms with Gasteiger partial charge in [0.25, 0.3) is 0 Å². The van der Waals surface area contributed by atoms with E-state index in [9.17, 15) is 4.79 Å². The highest BCUT2D eigenvalue weighted by Crippen LogP contribution is 2.40. The Kier molecular flexibility index (Phi) is 11.4. The molecule has 0 aliphatic heterocycles. The summed E-state index contributed by atoms with van der Waals surface area (Å²) >= 11 is 0. The standard InChI is InChI=1S/C19H32N4O3.HI/c1-3-20-18(22-14-17(24)21-13-16-7-6-11-26-16)23-15-19(10-12-25-2)8-4-5-9-19;/h6-7,11H,3-5,8-10,12-15H2,1-2H3,(H,21,24)(H2,20,22,23);1H. The number of carbonyl (C=O) groups is 1. The number of carbonyl (C=O) groups excluding carboxylic acids is 1. The molecular weight excluding hydrogens is 459 g/mol. The van der Waals surface area contributed by atoms with E-state index in [1.165, 1.54) is 25.7 Å². The van der Waals surface area contributed by atoms with Crippen molar-refractivity contribution in [3.63, 3.8) is 0 Å². The summed E-state index contributed by atoms with van der Waals surface area (Å²) in [4.78, 5) is 16.4. The maximum Gasteiger partial charge on any atom is 0.242 e. The minimum atomic E-state index is -0.131. The van der Waals surface area contributed by atoms with Gasteiger partial charge < -0.3 is 25.1 Å². The number of nitrogens with zero attached hydrogens (tertiary/aromatic N) is 1. The van der Waals surface area contributed by atoms with Gasteiger partial charge in [0.15, 0.2) is 5.96 Å². The van der Waals surface area contributed by atoms with E-state index in [1.807, 2.05) is 13.0 Å². The van der Waals surface area contributed by atoms with Crippen molar-refractivity contribution in [1.82, 2.24) is 16.0 Å². The number of ether oxygens (including phenoxy) is 1. The Bertz CT molecular complexity index is 557. The Morgan fingerprint density at radius 1 is 1.30 bits per heavy atom. The van der Waals surface area contributed by atoms with E-state index in [2.05, 4.69) is 20.9 Å². The molecule has 1 aromatic heterocycles. The molecule has 1 aliphatic carbocycles. The van der Waals surface area contributed by atoms with Crippen molar-refractivity contribution in [3.05, 3.63) is 24.2 Å². The lowest BCUT2D eigenvalue weighted by atomic mass is 9.83. The van der Waals surface area contributed by atoms with Gasteiger partial charge in [-0.1, -0.05) is 12.8 Å². The topological polar surface area (TPSA) is 87.9 Å². The summed E-state index contributed by atoms with van der Waals surface area (Å²) in [6.45, 7) is 4.88. The first-order valence-electron chi connectivity index (χ1n) is 9.48. The van der Waals surface area contributed by atoms with E-state index in [4.69, 9.17) is 9.15 Å². The Hall–Kier alpha value is -1.29. The van der Waals surface area contributed by atoms with E-state index in [0.29, 0.717) is 12.5 Å². The number of nitrogens with one attached hydrogen (secondary N) is 3. The van der Waals surface area contributed by atoms with Gasteiger partial charge in [0.2, 0.25) is 5.91 Å². The lowest BCUT2D eigenvalue weighted by Gasteiger charge is -2.29. The fraction of sp³-hybridized carbons (Fsp3) is 0.684. The average Bonchev–Trinajstić information content (AvgIpc) is 3.33. The van der Waals surface area contributed by atoms with Gasteiger partial charge in [-0.25, -0.2) is 4.99 Å². The molecule has 154 valence electrons. The second kappa shape index (κ2) is 13.0. The van der Waals surface area contributed by atoms with E-state index >= 15 is 0 Å². The largest absolute Gasteiger partial charge is 0.467 e. The molecule has 1 heterocycles. The first kappa shape index (κ1) is 23.7. The van der Waals surface area contributed by atoms with Gasteiger partial charge in [-0.15, -0.1) is 24.0 Å². The Morgan fingerprint density at radius 2 is 2.07 bits per heavy atom. The summed E-state index contributed by atoms with van der Waals surface area (Å²) in [7, 11) is 1.75. The van der Waals surface area contributed by atoms with Crippen LogP contribution in [0.5, 0.6) is 0 Å². The summed E-state index contributed by atoms with van der Waals surface area (Å²) in [6.07, 6.45) is 7.62. The van der Waals surface area contributed by atoms with Gasteiger partial charge in [-0.3, -0.25) is 4.79 Å². The number of aliphatic imine (C=N–C) groups is 1. The molecular formula is C19H33IN4O3. The van der Waals surface area contributed by atoms with Gasteiger partial charge in [-0.05, 0) is 43.7 Å². The second-order valence-electron chi connectivity index (χ2n) is 6.85. The van der Waals surface area contributed by atoms with Crippen LogP contribution >= 0.6 is 24.0 Å². The molecule has 7 nitrogen and oxygen atoms in total. The molecule has 2 rings (SSSR count). The summed E-state index contributed by atoms with van der Waals surface area (Å²) in [6, 6.07) is 3.63. The van der Waals surface area contributed by atoms with Gasteiger partial charge in [-0.2, -0.15) is 0 Å². The van der Waals surface area contributed by atoms with Crippen LogP contribution in [-0.2, 0) is 16.1 Å². The van der Waals surface area contributed by atoms with Crippen LogP contribution in [0.1, 0.15) is 44.8 Å². The highest BCUT2D eigenvalue weighted by atomic mass is 127. The monoisotopic (exact) mass is 492 g/mol. The molecule has 27 heavy (non-hydrogen) atoms. The number of methoxy groups -OCH3 is 1. The molecule has 0 aromatic carbocycles. The molecule has 0 radical (unpaired) electrons. The number of guanidine groups is 1. The quantitative estimate of drug-likeness (QED) is 0.266. The number of amides is 1. The summed E-state index contributed by atoms with van der Waals surface area (Å²) < 4.78 is 10.5. The number of rotatable bonds is 10. The van der Waals surface area contributed by atoms with Crippen LogP contribution < -0.4 is 16.0 Å². The molecule has 0 bridgehead atoms. The Labute approximate surface area is 179 Å². The summed E-state index contributed by atoms with van der Waals surface area (Å²) in [5.74, 6) is 1.28. The van der Waals surface area contributed by atoms with Gasteiger partial charge >= 0.3 is 0 Å². The van der Waals surface area contributed by atoms with Crippen molar-refractivity contribution in [2.24, 2.45) is 10.4 Å². The highest BCUT2D eigenvalue weighted by Gasteiger charge is 2.33. The van der Waals surface area contributed by atoms with Crippen LogP contribution in [0.25, 0.3) is 0 Å².